The zero-order valence-electron chi connectivity index (χ0n) is 14.5. The van der Waals surface area contributed by atoms with Gasteiger partial charge in [-0.05, 0) is 32.0 Å². The molecule has 126 valence electrons. The monoisotopic (exact) mass is 333 g/mol. The molecule has 6 heteroatoms. The first kappa shape index (κ1) is 15.5. The summed E-state index contributed by atoms with van der Waals surface area (Å²) in [7, 11) is 0. The van der Waals surface area contributed by atoms with Crippen LogP contribution in [0.3, 0.4) is 0 Å². The molecule has 1 aromatic carbocycles. The molecule has 0 aliphatic carbocycles. The molecule has 3 heterocycles. The normalized spacial score (nSPS) is 11.5. The molecule has 4 rings (SSSR count). The number of aromatic nitrogens is 5. The molecule has 0 N–H and O–H groups in total. The summed E-state index contributed by atoms with van der Waals surface area (Å²) in [6.07, 6.45) is 6.24. The highest BCUT2D eigenvalue weighted by Gasteiger charge is 2.12. The Morgan fingerprint density at radius 1 is 1.04 bits per heavy atom. The van der Waals surface area contributed by atoms with E-state index in [4.69, 9.17) is 4.52 Å². The molecule has 0 fully saturated rings. The Balaban J connectivity index is 1.68. The van der Waals surface area contributed by atoms with Gasteiger partial charge < -0.3 is 9.09 Å². The molecule has 6 nitrogen and oxygen atoms in total. The van der Waals surface area contributed by atoms with Gasteiger partial charge in [0.15, 0.2) is 5.76 Å². The molecule has 0 aliphatic heterocycles. The maximum Gasteiger partial charge on any atom is 0.167 e. The van der Waals surface area contributed by atoms with E-state index >= 15 is 0 Å². The van der Waals surface area contributed by atoms with E-state index in [0.29, 0.717) is 11.8 Å². The van der Waals surface area contributed by atoms with E-state index in [1.807, 2.05) is 31.5 Å². The minimum atomic E-state index is 0.374. The number of imidazole rings is 1. The Morgan fingerprint density at radius 3 is 2.56 bits per heavy atom. The van der Waals surface area contributed by atoms with E-state index in [1.54, 1.807) is 12.4 Å². The SMILES string of the molecule is CCc1ncc(-c2cc(-c3ccc4c(c3)ncn4C(C)C)on2)cn1. The third-order valence-electron chi connectivity index (χ3n) is 4.24. The van der Waals surface area contributed by atoms with Gasteiger partial charge in [-0.25, -0.2) is 15.0 Å². The Hall–Kier alpha value is -3.02. The van der Waals surface area contributed by atoms with Gasteiger partial charge in [-0.15, -0.1) is 0 Å². The zero-order chi connectivity index (χ0) is 17.4. The first-order chi connectivity index (χ1) is 12.2. The third-order valence-corrected chi connectivity index (χ3v) is 4.24. The molecule has 0 unspecified atom stereocenters. The third kappa shape index (κ3) is 2.80. The van der Waals surface area contributed by atoms with Crippen molar-refractivity contribution in [1.29, 1.82) is 0 Å². The zero-order valence-corrected chi connectivity index (χ0v) is 14.5. The summed E-state index contributed by atoms with van der Waals surface area (Å²) in [6, 6.07) is 8.40. The van der Waals surface area contributed by atoms with Crippen LogP contribution in [-0.2, 0) is 6.42 Å². The van der Waals surface area contributed by atoms with E-state index in [-0.39, 0.29) is 0 Å². The minimum absolute atomic E-state index is 0.374. The standard InChI is InChI=1S/C19H19N5O/c1-4-19-20-9-14(10-21-19)15-8-18(25-23-15)13-5-6-17-16(7-13)22-11-24(17)12(2)3/h5-12H,4H2,1-3H3. The van der Waals surface area contributed by atoms with Crippen LogP contribution in [0, 0.1) is 0 Å². The number of hydrogen-bond acceptors (Lipinski definition) is 5. The van der Waals surface area contributed by atoms with Crippen LogP contribution in [0.2, 0.25) is 0 Å². The van der Waals surface area contributed by atoms with Crippen LogP contribution in [-0.4, -0.2) is 24.7 Å². The van der Waals surface area contributed by atoms with E-state index in [9.17, 15) is 0 Å². The van der Waals surface area contributed by atoms with Gasteiger partial charge in [-0.1, -0.05) is 12.1 Å². The summed E-state index contributed by atoms with van der Waals surface area (Å²) in [5.41, 5.74) is 4.58. The Kier molecular flexibility index (Phi) is 3.80. The van der Waals surface area contributed by atoms with Crippen molar-refractivity contribution in [2.45, 2.75) is 33.2 Å². The van der Waals surface area contributed by atoms with Crippen LogP contribution in [0.15, 0.2) is 47.5 Å². The van der Waals surface area contributed by atoms with Gasteiger partial charge in [0, 0.05) is 42.0 Å². The topological polar surface area (TPSA) is 69.6 Å². The first-order valence-corrected chi connectivity index (χ1v) is 8.40. The molecule has 0 saturated carbocycles. The summed E-state index contributed by atoms with van der Waals surface area (Å²) in [4.78, 5) is 13.1. The lowest BCUT2D eigenvalue weighted by atomic mass is 10.1. The number of nitrogens with zero attached hydrogens (tertiary/aromatic N) is 5. The number of fused-ring (bicyclic) bond motifs is 1. The Morgan fingerprint density at radius 2 is 1.84 bits per heavy atom. The number of aryl methyl sites for hydroxylation is 1. The lowest BCUT2D eigenvalue weighted by Gasteiger charge is -2.07. The van der Waals surface area contributed by atoms with Crippen molar-refractivity contribution in [3.63, 3.8) is 0 Å². The van der Waals surface area contributed by atoms with Crippen molar-refractivity contribution in [1.82, 2.24) is 24.7 Å². The number of rotatable bonds is 4. The van der Waals surface area contributed by atoms with Gasteiger partial charge in [0.05, 0.1) is 17.4 Å². The molecule has 0 atom stereocenters. The summed E-state index contributed by atoms with van der Waals surface area (Å²) >= 11 is 0. The van der Waals surface area contributed by atoms with Gasteiger partial charge in [0.1, 0.15) is 11.5 Å². The average Bonchev–Trinajstić information content (AvgIpc) is 3.28. The fraction of sp³-hybridized carbons (Fsp3) is 0.263. The van der Waals surface area contributed by atoms with Crippen LogP contribution in [0.25, 0.3) is 33.6 Å². The summed E-state index contributed by atoms with van der Waals surface area (Å²) in [6.45, 7) is 6.31. The highest BCUT2D eigenvalue weighted by atomic mass is 16.5. The van der Waals surface area contributed by atoms with Crippen LogP contribution >= 0.6 is 0 Å². The maximum absolute atomic E-state index is 5.52. The molecular weight excluding hydrogens is 314 g/mol. The lowest BCUT2D eigenvalue weighted by Crippen LogP contribution is -1.97. The van der Waals surface area contributed by atoms with Gasteiger partial charge >= 0.3 is 0 Å². The van der Waals surface area contributed by atoms with E-state index < -0.39 is 0 Å². The van der Waals surface area contributed by atoms with Crippen molar-refractivity contribution < 1.29 is 4.52 Å². The van der Waals surface area contributed by atoms with Gasteiger partial charge in [0.25, 0.3) is 0 Å². The summed E-state index contributed by atoms with van der Waals surface area (Å²) in [5.74, 6) is 1.52. The predicted molar refractivity (Wildman–Crippen MR) is 96.0 cm³/mol. The molecule has 3 aromatic heterocycles. The lowest BCUT2D eigenvalue weighted by molar-refractivity contribution is 0.435. The minimum Gasteiger partial charge on any atom is -0.356 e. The van der Waals surface area contributed by atoms with Gasteiger partial charge in [-0.3, -0.25) is 0 Å². The second-order valence-electron chi connectivity index (χ2n) is 6.27. The van der Waals surface area contributed by atoms with Crippen LogP contribution < -0.4 is 0 Å². The maximum atomic E-state index is 5.52. The highest BCUT2D eigenvalue weighted by molar-refractivity contribution is 5.81. The van der Waals surface area contributed by atoms with Crippen molar-refractivity contribution in [3.8, 4) is 22.6 Å². The van der Waals surface area contributed by atoms with Crippen molar-refractivity contribution in [2.24, 2.45) is 0 Å². The molecule has 4 aromatic rings. The molecule has 25 heavy (non-hydrogen) atoms. The van der Waals surface area contributed by atoms with Crippen molar-refractivity contribution in [2.75, 3.05) is 0 Å². The molecule has 0 radical (unpaired) electrons. The number of hydrogen-bond donors (Lipinski definition) is 0. The predicted octanol–water partition coefficient (Wildman–Crippen LogP) is 4.29. The fourth-order valence-electron chi connectivity index (χ4n) is 2.81. The van der Waals surface area contributed by atoms with Crippen LogP contribution in [0.5, 0.6) is 0 Å². The Labute approximate surface area is 145 Å². The molecule has 0 amide bonds. The van der Waals surface area contributed by atoms with Gasteiger partial charge in [0.2, 0.25) is 0 Å². The largest absolute Gasteiger partial charge is 0.356 e. The molecule has 0 aliphatic rings. The van der Waals surface area contributed by atoms with Crippen LogP contribution in [0.4, 0.5) is 0 Å². The second-order valence-corrected chi connectivity index (χ2v) is 6.27. The highest BCUT2D eigenvalue weighted by Crippen LogP contribution is 2.28. The van der Waals surface area contributed by atoms with Crippen molar-refractivity contribution >= 4 is 11.0 Å². The molecule has 0 saturated heterocycles. The van der Waals surface area contributed by atoms with E-state index in [1.165, 1.54) is 0 Å². The molecular formula is C19H19N5O. The fourth-order valence-corrected chi connectivity index (χ4v) is 2.81. The van der Waals surface area contributed by atoms with Crippen LogP contribution in [0.1, 0.15) is 32.6 Å². The summed E-state index contributed by atoms with van der Waals surface area (Å²) < 4.78 is 7.68. The smallest absolute Gasteiger partial charge is 0.167 e. The van der Waals surface area contributed by atoms with Gasteiger partial charge in [-0.2, -0.15) is 0 Å². The van der Waals surface area contributed by atoms with Crippen molar-refractivity contribution in [3.05, 3.63) is 48.8 Å². The van der Waals surface area contributed by atoms with E-state index in [2.05, 4.69) is 44.6 Å². The quantitative estimate of drug-likeness (QED) is 0.557. The average molecular weight is 333 g/mol. The Bertz CT molecular complexity index is 1010. The first-order valence-electron chi connectivity index (χ1n) is 8.40. The van der Waals surface area contributed by atoms with E-state index in [0.717, 1.165) is 40.1 Å². The second kappa shape index (κ2) is 6.12. The molecule has 0 spiro atoms. The summed E-state index contributed by atoms with van der Waals surface area (Å²) in [5, 5.41) is 4.15. The number of benzene rings is 1. The molecule has 0 bridgehead atoms.